The Morgan fingerprint density at radius 3 is 2.47 bits per heavy atom. The molecule has 0 amide bonds. The lowest BCUT2D eigenvalue weighted by atomic mass is 10.0. The maximum atomic E-state index is 11.9. The molecule has 1 saturated heterocycles. The zero-order valence-electron chi connectivity index (χ0n) is 10.1. The summed E-state index contributed by atoms with van der Waals surface area (Å²) in [7, 11) is -2.42. The maximum absolute atomic E-state index is 11.9. The van der Waals surface area contributed by atoms with Crippen molar-refractivity contribution in [1.82, 2.24) is 9.03 Å². The summed E-state index contributed by atoms with van der Waals surface area (Å²) in [6, 6.07) is -0.249. The number of aliphatic carboxylic acids is 1. The Hall–Kier alpha value is -0.700. The van der Waals surface area contributed by atoms with Gasteiger partial charge >= 0.3 is 5.97 Å². The minimum atomic E-state index is -3.82. The van der Waals surface area contributed by atoms with Crippen LogP contribution >= 0.6 is 0 Å². The Morgan fingerprint density at radius 1 is 1.53 bits per heavy atom. The largest absolute Gasteiger partial charge is 0.480 e. The highest BCUT2D eigenvalue weighted by atomic mass is 32.2. The summed E-state index contributed by atoms with van der Waals surface area (Å²) < 4.78 is 32.2. The minimum Gasteiger partial charge on any atom is -0.480 e. The molecule has 1 fully saturated rings. The summed E-state index contributed by atoms with van der Waals surface area (Å²) >= 11 is 0. The van der Waals surface area contributed by atoms with Crippen molar-refractivity contribution >= 4 is 16.2 Å². The summed E-state index contributed by atoms with van der Waals surface area (Å²) in [5.41, 5.74) is -1.54. The molecule has 0 aliphatic carbocycles. The lowest BCUT2D eigenvalue weighted by molar-refractivity contribution is -0.144. The van der Waals surface area contributed by atoms with Gasteiger partial charge in [-0.05, 0) is 13.8 Å². The molecule has 1 aliphatic heterocycles. The fraction of sp³-hybridized carbons (Fsp3) is 0.889. The average molecular weight is 266 g/mol. The molecular weight excluding hydrogens is 248 g/mol. The SMILES string of the molecule is CC(C)N(C)S(=O)(=O)NC1(C(=O)O)CCOC1. The highest BCUT2D eigenvalue weighted by Crippen LogP contribution is 2.21. The van der Waals surface area contributed by atoms with Gasteiger partial charge in [-0.25, -0.2) is 0 Å². The van der Waals surface area contributed by atoms with Crippen LogP contribution in [0, 0.1) is 0 Å². The number of hydrogen-bond acceptors (Lipinski definition) is 4. The third-order valence-corrected chi connectivity index (χ3v) is 4.69. The van der Waals surface area contributed by atoms with Crippen molar-refractivity contribution in [1.29, 1.82) is 0 Å². The molecule has 0 aromatic rings. The van der Waals surface area contributed by atoms with Gasteiger partial charge in [0.15, 0.2) is 5.54 Å². The quantitative estimate of drug-likeness (QED) is 0.693. The van der Waals surface area contributed by atoms with Gasteiger partial charge in [0, 0.05) is 26.1 Å². The molecule has 0 aromatic heterocycles. The molecule has 1 atom stereocenters. The van der Waals surface area contributed by atoms with Gasteiger partial charge in [-0.3, -0.25) is 4.79 Å². The second-order valence-corrected chi connectivity index (χ2v) is 6.14. The van der Waals surface area contributed by atoms with E-state index in [4.69, 9.17) is 9.84 Å². The number of ether oxygens (including phenoxy) is 1. The molecule has 1 aliphatic rings. The third kappa shape index (κ3) is 2.95. The molecule has 0 saturated carbocycles. The van der Waals surface area contributed by atoms with Gasteiger partial charge in [0.05, 0.1) is 6.61 Å². The number of nitrogens with one attached hydrogen (secondary N) is 1. The van der Waals surface area contributed by atoms with E-state index < -0.39 is 21.7 Å². The van der Waals surface area contributed by atoms with E-state index in [0.717, 1.165) is 4.31 Å². The molecule has 1 heterocycles. The van der Waals surface area contributed by atoms with Gasteiger partial charge in [-0.15, -0.1) is 0 Å². The zero-order chi connectivity index (χ0) is 13.3. The molecule has 2 N–H and O–H groups in total. The number of hydrogen-bond donors (Lipinski definition) is 2. The molecule has 7 nitrogen and oxygen atoms in total. The van der Waals surface area contributed by atoms with Crippen LogP contribution in [-0.2, 0) is 19.7 Å². The Labute approximate surface area is 101 Å². The Balaban J connectivity index is 2.92. The van der Waals surface area contributed by atoms with Gasteiger partial charge in [0.2, 0.25) is 0 Å². The summed E-state index contributed by atoms with van der Waals surface area (Å²) in [6.45, 7) is 3.50. The van der Waals surface area contributed by atoms with Crippen LogP contribution in [-0.4, -0.2) is 55.6 Å². The van der Waals surface area contributed by atoms with E-state index in [2.05, 4.69) is 4.72 Å². The van der Waals surface area contributed by atoms with Crippen LogP contribution in [0.4, 0.5) is 0 Å². The second-order valence-electron chi connectivity index (χ2n) is 4.41. The van der Waals surface area contributed by atoms with E-state index in [0.29, 0.717) is 0 Å². The number of carboxylic acids is 1. The van der Waals surface area contributed by atoms with E-state index in [1.165, 1.54) is 7.05 Å². The van der Waals surface area contributed by atoms with E-state index in [1.807, 2.05) is 0 Å². The molecule has 0 bridgehead atoms. The van der Waals surface area contributed by atoms with Crippen LogP contribution in [0.3, 0.4) is 0 Å². The van der Waals surface area contributed by atoms with Crippen LogP contribution in [0.5, 0.6) is 0 Å². The standard InChI is InChI=1S/C9H18N2O5S/c1-7(2)11(3)17(14,15)10-9(8(12)13)4-5-16-6-9/h7,10H,4-6H2,1-3H3,(H,12,13). The molecule has 1 unspecified atom stereocenters. The highest BCUT2D eigenvalue weighted by molar-refractivity contribution is 7.87. The molecular formula is C9H18N2O5S. The topological polar surface area (TPSA) is 95.9 Å². The minimum absolute atomic E-state index is 0.132. The molecule has 17 heavy (non-hydrogen) atoms. The van der Waals surface area contributed by atoms with Crippen LogP contribution < -0.4 is 4.72 Å². The Morgan fingerprint density at radius 2 is 2.12 bits per heavy atom. The van der Waals surface area contributed by atoms with Crippen molar-refractivity contribution in [2.75, 3.05) is 20.3 Å². The first-order valence-electron chi connectivity index (χ1n) is 5.29. The molecule has 0 spiro atoms. The lowest BCUT2D eigenvalue weighted by Crippen LogP contribution is -2.58. The van der Waals surface area contributed by atoms with E-state index in [-0.39, 0.29) is 25.7 Å². The van der Waals surface area contributed by atoms with Crippen LogP contribution in [0.15, 0.2) is 0 Å². The van der Waals surface area contributed by atoms with Crippen molar-refractivity contribution in [2.45, 2.75) is 31.8 Å². The van der Waals surface area contributed by atoms with Crippen molar-refractivity contribution in [3.63, 3.8) is 0 Å². The summed E-state index contributed by atoms with van der Waals surface area (Å²) in [4.78, 5) is 11.2. The summed E-state index contributed by atoms with van der Waals surface area (Å²) in [5, 5.41) is 9.12. The first kappa shape index (κ1) is 14.4. The fourth-order valence-corrected chi connectivity index (χ4v) is 2.90. The van der Waals surface area contributed by atoms with Crippen LogP contribution in [0.25, 0.3) is 0 Å². The van der Waals surface area contributed by atoms with Gasteiger partial charge in [0.25, 0.3) is 10.2 Å². The molecule has 8 heteroatoms. The molecule has 0 aromatic carbocycles. The monoisotopic (exact) mass is 266 g/mol. The predicted octanol–water partition coefficient (Wildman–Crippen LogP) is -0.595. The molecule has 0 radical (unpaired) electrons. The average Bonchev–Trinajstić information content (AvgIpc) is 2.65. The predicted molar refractivity (Wildman–Crippen MR) is 60.8 cm³/mol. The fourth-order valence-electron chi connectivity index (χ4n) is 1.45. The van der Waals surface area contributed by atoms with Crippen molar-refractivity contribution in [3.05, 3.63) is 0 Å². The van der Waals surface area contributed by atoms with E-state index in [9.17, 15) is 13.2 Å². The highest BCUT2D eigenvalue weighted by Gasteiger charge is 2.46. The van der Waals surface area contributed by atoms with Gasteiger partial charge < -0.3 is 9.84 Å². The summed E-state index contributed by atoms with van der Waals surface area (Å²) in [5.74, 6) is -1.21. The Bertz CT molecular complexity index is 386. The van der Waals surface area contributed by atoms with Gasteiger partial charge in [-0.2, -0.15) is 17.4 Å². The van der Waals surface area contributed by atoms with Gasteiger partial charge in [-0.1, -0.05) is 0 Å². The molecule has 100 valence electrons. The number of rotatable bonds is 5. The molecule has 1 rings (SSSR count). The number of carbonyl (C=O) groups is 1. The van der Waals surface area contributed by atoms with E-state index in [1.54, 1.807) is 13.8 Å². The number of carboxylic acid groups (broad SMARTS) is 1. The first-order chi connectivity index (χ1) is 7.71. The second kappa shape index (κ2) is 4.89. The number of nitrogens with zero attached hydrogens (tertiary/aromatic N) is 1. The van der Waals surface area contributed by atoms with Crippen LogP contribution in [0.1, 0.15) is 20.3 Å². The third-order valence-electron chi connectivity index (χ3n) is 2.86. The van der Waals surface area contributed by atoms with Crippen molar-refractivity contribution in [2.24, 2.45) is 0 Å². The smallest absolute Gasteiger partial charge is 0.327 e. The Kier molecular flexibility index (Phi) is 4.13. The maximum Gasteiger partial charge on any atom is 0.327 e. The lowest BCUT2D eigenvalue weighted by Gasteiger charge is -2.28. The van der Waals surface area contributed by atoms with Crippen molar-refractivity contribution < 1.29 is 23.1 Å². The first-order valence-corrected chi connectivity index (χ1v) is 6.73. The normalized spacial score (nSPS) is 25.7. The van der Waals surface area contributed by atoms with Crippen LogP contribution in [0.2, 0.25) is 0 Å². The van der Waals surface area contributed by atoms with E-state index >= 15 is 0 Å². The summed E-state index contributed by atoms with van der Waals surface area (Å²) in [6.07, 6.45) is 0.132. The van der Waals surface area contributed by atoms with Crippen molar-refractivity contribution in [3.8, 4) is 0 Å². The zero-order valence-corrected chi connectivity index (χ0v) is 11.0. The van der Waals surface area contributed by atoms with Gasteiger partial charge in [0.1, 0.15) is 0 Å².